The number of hydrogen-bond acceptors (Lipinski definition) is 2. The number of nitrogens with zero attached hydrogens (tertiary/aromatic N) is 1. The zero-order valence-electron chi connectivity index (χ0n) is 9.68. The molecule has 0 heterocycles. The highest BCUT2D eigenvalue weighted by atomic mass is 19.1. The fraction of sp³-hybridized carbons (Fsp3) is 0.333. The van der Waals surface area contributed by atoms with E-state index in [0.717, 1.165) is 0 Å². The van der Waals surface area contributed by atoms with Crippen LogP contribution in [0.15, 0.2) is 24.3 Å². The van der Waals surface area contributed by atoms with E-state index in [4.69, 9.17) is 5.11 Å². The average molecular weight is 239 g/mol. The van der Waals surface area contributed by atoms with Gasteiger partial charge in [0, 0.05) is 13.1 Å². The van der Waals surface area contributed by atoms with Crippen molar-refractivity contribution in [3.8, 4) is 0 Å². The average Bonchev–Trinajstić information content (AvgIpc) is 2.27. The minimum Gasteiger partial charge on any atom is -0.481 e. The Kier molecular flexibility index (Phi) is 4.20. The molecular weight excluding hydrogens is 225 g/mol. The molecule has 0 aliphatic carbocycles. The van der Waals surface area contributed by atoms with Crippen molar-refractivity contribution < 1.29 is 19.1 Å². The Labute approximate surface area is 98.7 Å². The van der Waals surface area contributed by atoms with Crippen molar-refractivity contribution in [1.82, 2.24) is 4.90 Å². The molecule has 5 heteroatoms. The predicted molar refractivity (Wildman–Crippen MR) is 60.2 cm³/mol. The first-order chi connectivity index (χ1) is 7.93. The van der Waals surface area contributed by atoms with Gasteiger partial charge in [-0.2, -0.15) is 0 Å². The number of rotatable bonds is 4. The molecular formula is C12H14FNO3. The molecule has 0 saturated carbocycles. The van der Waals surface area contributed by atoms with Crippen LogP contribution in [0.25, 0.3) is 0 Å². The number of halogens is 1. The van der Waals surface area contributed by atoms with Gasteiger partial charge in [0.15, 0.2) is 0 Å². The van der Waals surface area contributed by atoms with Crippen LogP contribution in [0.3, 0.4) is 0 Å². The lowest BCUT2D eigenvalue weighted by Gasteiger charge is -2.23. The highest BCUT2D eigenvalue weighted by molar-refractivity contribution is 5.94. The zero-order chi connectivity index (χ0) is 13.0. The summed E-state index contributed by atoms with van der Waals surface area (Å²) in [6.45, 7) is 1.60. The van der Waals surface area contributed by atoms with Crippen molar-refractivity contribution >= 4 is 11.9 Å². The van der Waals surface area contributed by atoms with E-state index in [-0.39, 0.29) is 12.0 Å². The Hall–Kier alpha value is -1.91. The van der Waals surface area contributed by atoms with Gasteiger partial charge >= 0.3 is 5.97 Å². The molecule has 1 N–H and O–H groups in total. The smallest absolute Gasteiger partial charge is 0.305 e. The summed E-state index contributed by atoms with van der Waals surface area (Å²) < 4.78 is 13.4. The molecule has 1 aromatic rings. The van der Waals surface area contributed by atoms with E-state index in [1.807, 2.05) is 0 Å². The molecule has 1 amide bonds. The molecule has 1 unspecified atom stereocenters. The van der Waals surface area contributed by atoms with Gasteiger partial charge in [0.05, 0.1) is 12.0 Å². The number of amides is 1. The Morgan fingerprint density at radius 1 is 1.41 bits per heavy atom. The van der Waals surface area contributed by atoms with Crippen LogP contribution < -0.4 is 0 Å². The van der Waals surface area contributed by atoms with Gasteiger partial charge in [0.2, 0.25) is 0 Å². The van der Waals surface area contributed by atoms with Gasteiger partial charge in [-0.25, -0.2) is 4.39 Å². The third-order valence-corrected chi connectivity index (χ3v) is 2.56. The van der Waals surface area contributed by atoms with Crippen molar-refractivity contribution in [2.24, 2.45) is 0 Å². The van der Waals surface area contributed by atoms with Crippen LogP contribution in [0.1, 0.15) is 23.7 Å². The Morgan fingerprint density at radius 3 is 2.53 bits per heavy atom. The lowest BCUT2D eigenvalue weighted by atomic mass is 10.1. The monoisotopic (exact) mass is 239 g/mol. The first kappa shape index (κ1) is 13.2. The molecule has 0 aliphatic heterocycles. The van der Waals surface area contributed by atoms with E-state index < -0.39 is 23.7 Å². The summed E-state index contributed by atoms with van der Waals surface area (Å²) in [5, 5.41) is 8.63. The van der Waals surface area contributed by atoms with E-state index >= 15 is 0 Å². The maximum absolute atomic E-state index is 13.4. The maximum Gasteiger partial charge on any atom is 0.305 e. The fourth-order valence-corrected chi connectivity index (χ4v) is 1.41. The fourth-order valence-electron chi connectivity index (χ4n) is 1.41. The van der Waals surface area contributed by atoms with E-state index in [1.54, 1.807) is 13.0 Å². The molecule has 17 heavy (non-hydrogen) atoms. The van der Waals surface area contributed by atoms with Crippen LogP contribution in [0.5, 0.6) is 0 Å². The lowest BCUT2D eigenvalue weighted by molar-refractivity contribution is -0.137. The third-order valence-electron chi connectivity index (χ3n) is 2.56. The number of carbonyl (C=O) groups excluding carboxylic acids is 1. The Morgan fingerprint density at radius 2 is 2.00 bits per heavy atom. The molecule has 92 valence electrons. The number of carboxylic acids is 1. The van der Waals surface area contributed by atoms with Crippen LogP contribution in [-0.4, -0.2) is 35.0 Å². The van der Waals surface area contributed by atoms with Crippen LogP contribution in [-0.2, 0) is 4.79 Å². The quantitative estimate of drug-likeness (QED) is 0.871. The van der Waals surface area contributed by atoms with Crippen molar-refractivity contribution in [2.75, 3.05) is 7.05 Å². The van der Waals surface area contributed by atoms with E-state index in [0.29, 0.717) is 0 Å². The SMILES string of the molecule is CC(CC(=O)O)N(C)C(=O)c1ccccc1F. The summed E-state index contributed by atoms with van der Waals surface area (Å²) in [7, 11) is 1.46. The molecule has 0 aromatic heterocycles. The number of benzene rings is 1. The van der Waals surface area contributed by atoms with Crippen LogP contribution in [0.2, 0.25) is 0 Å². The molecule has 0 bridgehead atoms. The molecule has 0 aliphatic rings. The predicted octanol–water partition coefficient (Wildman–Crippen LogP) is 1.76. The van der Waals surface area contributed by atoms with Crippen LogP contribution in [0, 0.1) is 5.82 Å². The largest absolute Gasteiger partial charge is 0.481 e. The summed E-state index contributed by atoms with van der Waals surface area (Å²) >= 11 is 0. The third kappa shape index (κ3) is 3.27. The van der Waals surface area contributed by atoms with Gasteiger partial charge in [-0.1, -0.05) is 12.1 Å². The topological polar surface area (TPSA) is 57.6 Å². The Bertz CT molecular complexity index is 434. The minimum atomic E-state index is -0.995. The van der Waals surface area contributed by atoms with Gasteiger partial charge in [0.25, 0.3) is 5.91 Å². The van der Waals surface area contributed by atoms with Crippen molar-refractivity contribution in [1.29, 1.82) is 0 Å². The summed E-state index contributed by atoms with van der Waals surface area (Å²) in [5.41, 5.74) is -0.0489. The molecule has 4 nitrogen and oxygen atoms in total. The van der Waals surface area contributed by atoms with Gasteiger partial charge in [-0.15, -0.1) is 0 Å². The van der Waals surface area contributed by atoms with E-state index in [9.17, 15) is 14.0 Å². The van der Waals surface area contributed by atoms with Gasteiger partial charge in [-0.3, -0.25) is 9.59 Å². The summed E-state index contributed by atoms with van der Waals surface area (Å²) in [5.74, 6) is -2.12. The van der Waals surface area contributed by atoms with Gasteiger partial charge in [0.1, 0.15) is 5.82 Å². The molecule has 0 spiro atoms. The van der Waals surface area contributed by atoms with Crippen molar-refractivity contribution in [3.05, 3.63) is 35.6 Å². The molecule has 1 atom stereocenters. The van der Waals surface area contributed by atoms with E-state index in [1.165, 1.54) is 30.1 Å². The maximum atomic E-state index is 13.4. The van der Waals surface area contributed by atoms with Crippen molar-refractivity contribution in [3.63, 3.8) is 0 Å². The molecule has 0 saturated heterocycles. The second-order valence-electron chi connectivity index (χ2n) is 3.84. The second-order valence-corrected chi connectivity index (χ2v) is 3.84. The lowest BCUT2D eigenvalue weighted by Crippen LogP contribution is -2.36. The van der Waals surface area contributed by atoms with Crippen LogP contribution in [0.4, 0.5) is 4.39 Å². The summed E-state index contributed by atoms with van der Waals surface area (Å²) in [6.07, 6.45) is -0.170. The Balaban J connectivity index is 2.83. The second kappa shape index (κ2) is 5.43. The van der Waals surface area contributed by atoms with Gasteiger partial charge < -0.3 is 10.0 Å². The first-order valence-electron chi connectivity index (χ1n) is 5.17. The number of aliphatic carboxylic acids is 1. The summed E-state index contributed by atoms with van der Waals surface area (Å²) in [4.78, 5) is 23.6. The number of hydrogen-bond donors (Lipinski definition) is 1. The highest BCUT2D eigenvalue weighted by Gasteiger charge is 2.21. The molecule has 0 radical (unpaired) electrons. The zero-order valence-corrected chi connectivity index (χ0v) is 9.68. The first-order valence-corrected chi connectivity index (χ1v) is 5.17. The standard InChI is InChI=1S/C12H14FNO3/c1-8(7-11(15)16)14(2)12(17)9-5-3-4-6-10(9)13/h3-6,8H,7H2,1-2H3,(H,15,16). The van der Waals surface area contributed by atoms with Crippen molar-refractivity contribution in [2.45, 2.75) is 19.4 Å². The summed E-state index contributed by atoms with van der Waals surface area (Å²) in [6, 6.07) is 5.14. The van der Waals surface area contributed by atoms with E-state index in [2.05, 4.69) is 0 Å². The number of carboxylic acid groups (broad SMARTS) is 1. The molecule has 0 fully saturated rings. The molecule has 1 rings (SSSR count). The normalized spacial score (nSPS) is 11.9. The minimum absolute atomic E-state index is 0.0489. The highest BCUT2D eigenvalue weighted by Crippen LogP contribution is 2.12. The number of carbonyl (C=O) groups is 2. The van der Waals surface area contributed by atoms with Crippen LogP contribution >= 0.6 is 0 Å². The van der Waals surface area contributed by atoms with Gasteiger partial charge in [-0.05, 0) is 19.1 Å². The molecule has 1 aromatic carbocycles.